The van der Waals surface area contributed by atoms with Crippen LogP contribution in [0.4, 0.5) is 10.8 Å². The number of anilines is 2. The monoisotopic (exact) mass is 450 g/mol. The van der Waals surface area contributed by atoms with Gasteiger partial charge in [0.1, 0.15) is 0 Å². The van der Waals surface area contributed by atoms with Crippen LogP contribution in [0.2, 0.25) is 10.0 Å². The summed E-state index contributed by atoms with van der Waals surface area (Å²) in [4.78, 5) is 4.52. The number of hydrogen-bond acceptors (Lipinski definition) is 3. The molecule has 0 spiro atoms. The third-order valence-electron chi connectivity index (χ3n) is 2.59. The van der Waals surface area contributed by atoms with Gasteiger partial charge >= 0.3 is 0 Å². The van der Waals surface area contributed by atoms with Gasteiger partial charge in [0.15, 0.2) is 5.13 Å². The second kappa shape index (κ2) is 5.81. The lowest BCUT2D eigenvalue weighted by Gasteiger charge is -2.08. The van der Waals surface area contributed by atoms with Crippen LogP contribution in [0.1, 0.15) is 0 Å². The molecule has 0 unspecified atom stereocenters. The molecular formula is C13H6Br2Cl2N2S. The highest BCUT2D eigenvalue weighted by Gasteiger charge is 2.11. The Morgan fingerprint density at radius 2 is 1.70 bits per heavy atom. The molecule has 0 saturated heterocycles. The topological polar surface area (TPSA) is 24.9 Å². The van der Waals surface area contributed by atoms with Crippen LogP contribution in [0, 0.1) is 0 Å². The summed E-state index contributed by atoms with van der Waals surface area (Å²) < 4.78 is 2.94. The number of fused-ring (bicyclic) bond motifs is 1. The van der Waals surface area contributed by atoms with Crippen molar-refractivity contribution in [3.63, 3.8) is 0 Å². The van der Waals surface area contributed by atoms with Crippen molar-refractivity contribution in [3.8, 4) is 0 Å². The minimum Gasteiger partial charge on any atom is -0.329 e. The maximum atomic E-state index is 6.20. The van der Waals surface area contributed by atoms with Gasteiger partial charge in [0, 0.05) is 8.95 Å². The second-order valence-corrected chi connectivity index (χ2v) is 7.68. The zero-order valence-corrected chi connectivity index (χ0v) is 15.3. The smallest absolute Gasteiger partial charge is 0.188 e. The lowest BCUT2D eigenvalue weighted by molar-refractivity contribution is 1.44. The van der Waals surface area contributed by atoms with Gasteiger partial charge in [0.05, 0.1) is 25.9 Å². The molecule has 2 nitrogen and oxygen atoms in total. The number of thiazole rings is 1. The van der Waals surface area contributed by atoms with Gasteiger partial charge in [-0.1, -0.05) is 66.4 Å². The summed E-state index contributed by atoms with van der Waals surface area (Å²) in [7, 11) is 0. The lowest BCUT2D eigenvalue weighted by atomic mass is 10.3. The summed E-state index contributed by atoms with van der Waals surface area (Å²) in [6, 6.07) is 9.57. The Hall–Kier alpha value is -0.330. The molecule has 0 bridgehead atoms. The van der Waals surface area contributed by atoms with Crippen LogP contribution < -0.4 is 5.32 Å². The SMILES string of the molecule is Clc1cc(Br)cc(Cl)c1Nc1nc2cc(Br)ccc2s1. The van der Waals surface area contributed by atoms with Crippen LogP contribution in [-0.2, 0) is 0 Å². The zero-order chi connectivity index (χ0) is 14.3. The Kier molecular flexibility index (Phi) is 4.24. The fourth-order valence-corrected chi connectivity index (χ4v) is 4.23. The zero-order valence-electron chi connectivity index (χ0n) is 9.75. The molecule has 3 aromatic rings. The summed E-state index contributed by atoms with van der Waals surface area (Å²) in [6.45, 7) is 0. The first-order valence-corrected chi connectivity index (χ1v) is 8.66. The number of nitrogens with one attached hydrogen (secondary N) is 1. The molecule has 0 aliphatic rings. The highest BCUT2D eigenvalue weighted by Crippen LogP contribution is 2.37. The standard InChI is InChI=1S/C13H6Br2Cl2N2S/c14-6-1-2-11-10(5-6)18-13(20-11)19-12-8(16)3-7(15)4-9(12)17/h1-5H,(H,18,19). The largest absolute Gasteiger partial charge is 0.329 e. The number of benzene rings is 2. The number of halogens is 4. The number of nitrogens with zero attached hydrogens (tertiary/aromatic N) is 1. The Balaban J connectivity index is 2.01. The number of rotatable bonds is 2. The highest BCUT2D eigenvalue weighted by atomic mass is 79.9. The van der Waals surface area contributed by atoms with Gasteiger partial charge < -0.3 is 5.32 Å². The van der Waals surface area contributed by atoms with Gasteiger partial charge in [-0.25, -0.2) is 4.98 Å². The third kappa shape index (κ3) is 2.97. The van der Waals surface area contributed by atoms with E-state index >= 15 is 0 Å². The summed E-state index contributed by atoms with van der Waals surface area (Å²) in [5, 5.41) is 5.03. The van der Waals surface area contributed by atoms with Crippen molar-refractivity contribution in [2.75, 3.05) is 5.32 Å². The fourth-order valence-electron chi connectivity index (χ4n) is 1.72. The molecule has 1 N–H and O–H groups in total. The molecule has 1 aromatic heterocycles. The van der Waals surface area contributed by atoms with Crippen LogP contribution in [0.15, 0.2) is 39.3 Å². The van der Waals surface area contributed by atoms with Crippen molar-refractivity contribution in [1.29, 1.82) is 0 Å². The predicted molar refractivity (Wildman–Crippen MR) is 94.8 cm³/mol. The number of aromatic nitrogens is 1. The molecule has 2 aromatic carbocycles. The van der Waals surface area contributed by atoms with Crippen molar-refractivity contribution in [2.45, 2.75) is 0 Å². The molecule has 0 fully saturated rings. The first kappa shape index (κ1) is 14.6. The van der Waals surface area contributed by atoms with Gasteiger partial charge in [-0.15, -0.1) is 0 Å². The van der Waals surface area contributed by atoms with Crippen molar-refractivity contribution in [2.24, 2.45) is 0 Å². The molecule has 0 radical (unpaired) electrons. The van der Waals surface area contributed by atoms with Gasteiger partial charge in [0.2, 0.25) is 0 Å². The maximum absolute atomic E-state index is 6.20. The van der Waals surface area contributed by atoms with Crippen LogP contribution in [0.25, 0.3) is 10.2 Å². The molecule has 0 amide bonds. The summed E-state index contributed by atoms with van der Waals surface area (Å²) in [5.41, 5.74) is 1.59. The van der Waals surface area contributed by atoms with Crippen molar-refractivity contribution in [3.05, 3.63) is 49.3 Å². The molecule has 102 valence electrons. The van der Waals surface area contributed by atoms with Gasteiger partial charge in [-0.3, -0.25) is 0 Å². The minimum atomic E-state index is 0.546. The van der Waals surface area contributed by atoms with Crippen molar-refractivity contribution < 1.29 is 0 Å². The molecule has 7 heteroatoms. The quantitative estimate of drug-likeness (QED) is 0.458. The van der Waals surface area contributed by atoms with Crippen LogP contribution in [0.3, 0.4) is 0 Å². The van der Waals surface area contributed by atoms with E-state index in [9.17, 15) is 0 Å². The average Bonchev–Trinajstić information content (AvgIpc) is 2.75. The van der Waals surface area contributed by atoms with Gasteiger partial charge in [-0.2, -0.15) is 0 Å². The predicted octanol–water partition coefficient (Wildman–Crippen LogP) is 6.87. The number of hydrogen-bond donors (Lipinski definition) is 1. The molecule has 0 atom stereocenters. The van der Waals surface area contributed by atoms with E-state index in [0.717, 1.165) is 24.3 Å². The first-order valence-electron chi connectivity index (χ1n) is 5.50. The Morgan fingerprint density at radius 3 is 2.40 bits per heavy atom. The average molecular weight is 453 g/mol. The van der Waals surface area contributed by atoms with E-state index < -0.39 is 0 Å². The van der Waals surface area contributed by atoms with Gasteiger partial charge in [0.25, 0.3) is 0 Å². The van der Waals surface area contributed by atoms with Crippen LogP contribution in [-0.4, -0.2) is 4.98 Å². The van der Waals surface area contributed by atoms with E-state index in [1.54, 1.807) is 23.5 Å². The second-order valence-electron chi connectivity index (χ2n) is 4.00. The Bertz CT molecular complexity index is 781. The normalized spacial score (nSPS) is 11.0. The summed E-state index contributed by atoms with van der Waals surface area (Å²) in [6.07, 6.45) is 0. The van der Waals surface area contributed by atoms with Crippen LogP contribution in [0.5, 0.6) is 0 Å². The molecule has 0 aliphatic heterocycles. The van der Waals surface area contributed by atoms with E-state index in [2.05, 4.69) is 42.2 Å². The molecule has 20 heavy (non-hydrogen) atoms. The minimum absolute atomic E-state index is 0.546. The fraction of sp³-hybridized carbons (Fsp3) is 0. The van der Waals surface area contributed by atoms with E-state index in [0.29, 0.717) is 15.7 Å². The molecular weight excluding hydrogens is 447 g/mol. The molecule has 3 rings (SSSR count). The summed E-state index contributed by atoms with van der Waals surface area (Å²) in [5.74, 6) is 0. The van der Waals surface area contributed by atoms with E-state index in [4.69, 9.17) is 23.2 Å². The van der Waals surface area contributed by atoms with E-state index in [1.807, 2.05) is 18.2 Å². The third-order valence-corrected chi connectivity index (χ3v) is 5.09. The van der Waals surface area contributed by atoms with Crippen molar-refractivity contribution >= 4 is 87.4 Å². The van der Waals surface area contributed by atoms with Crippen molar-refractivity contribution in [1.82, 2.24) is 4.98 Å². The Morgan fingerprint density at radius 1 is 1.00 bits per heavy atom. The van der Waals surface area contributed by atoms with Gasteiger partial charge in [-0.05, 0) is 30.3 Å². The van der Waals surface area contributed by atoms with Crippen LogP contribution >= 0.6 is 66.4 Å². The lowest BCUT2D eigenvalue weighted by Crippen LogP contribution is -1.91. The molecule has 0 saturated carbocycles. The summed E-state index contributed by atoms with van der Waals surface area (Å²) >= 11 is 20.7. The Labute approximate surface area is 146 Å². The molecule has 0 aliphatic carbocycles. The highest BCUT2D eigenvalue weighted by molar-refractivity contribution is 9.10. The first-order chi connectivity index (χ1) is 9.52. The van der Waals surface area contributed by atoms with E-state index in [-0.39, 0.29) is 0 Å². The maximum Gasteiger partial charge on any atom is 0.188 e. The molecule has 1 heterocycles. The van der Waals surface area contributed by atoms with E-state index in [1.165, 1.54) is 0 Å².